The van der Waals surface area contributed by atoms with E-state index in [1.807, 2.05) is 17.5 Å². The number of hydrogen-bond donors (Lipinski definition) is 1. The third-order valence-corrected chi connectivity index (χ3v) is 4.92. The largest absolute Gasteiger partial charge is 0.339 e. The summed E-state index contributed by atoms with van der Waals surface area (Å²) in [6, 6.07) is 6.25. The van der Waals surface area contributed by atoms with E-state index in [0.717, 1.165) is 16.5 Å². The highest BCUT2D eigenvalue weighted by molar-refractivity contribution is 7.13. The number of pyridine rings is 1. The first-order valence-electron chi connectivity index (χ1n) is 6.71. The monoisotopic (exact) mass is 380 g/mol. The van der Waals surface area contributed by atoms with Crippen molar-refractivity contribution in [2.24, 2.45) is 0 Å². The lowest BCUT2D eigenvalue weighted by Gasteiger charge is -2.06. The van der Waals surface area contributed by atoms with E-state index in [1.165, 1.54) is 21.9 Å². The summed E-state index contributed by atoms with van der Waals surface area (Å²) in [7, 11) is 0. The van der Waals surface area contributed by atoms with E-state index in [9.17, 15) is 9.18 Å². The predicted octanol–water partition coefficient (Wildman–Crippen LogP) is 4.26. The molecule has 4 aromatic rings. The Bertz CT molecular complexity index is 1120. The maximum absolute atomic E-state index is 13.7. The Balaban J connectivity index is 2.00. The molecule has 9 heteroatoms. The molecule has 5 nitrogen and oxygen atoms in total. The minimum absolute atomic E-state index is 0.00131. The molecule has 4 aromatic heterocycles. The number of aromatic nitrogens is 4. The molecule has 0 aliphatic rings. The van der Waals surface area contributed by atoms with Crippen molar-refractivity contribution < 1.29 is 4.39 Å². The van der Waals surface area contributed by atoms with Gasteiger partial charge in [0.2, 0.25) is 0 Å². The number of halogens is 3. The standard InChI is InChI=1S/C15H7Cl2FN4OS/c16-13-7(4-9(18)14(17)21-13)10-5-12(23)22-15(20-10)8(6-19-22)11-2-1-3-24-11/h1-6,20H. The van der Waals surface area contributed by atoms with Crippen LogP contribution in [0, 0.1) is 5.82 Å². The van der Waals surface area contributed by atoms with Crippen LogP contribution in [0.25, 0.3) is 27.3 Å². The van der Waals surface area contributed by atoms with Crippen molar-refractivity contribution in [2.75, 3.05) is 0 Å². The lowest BCUT2D eigenvalue weighted by Crippen LogP contribution is -2.14. The summed E-state index contributed by atoms with van der Waals surface area (Å²) in [5, 5.41) is 5.70. The maximum atomic E-state index is 13.7. The molecule has 0 saturated carbocycles. The van der Waals surface area contributed by atoms with Crippen molar-refractivity contribution in [1.29, 1.82) is 0 Å². The van der Waals surface area contributed by atoms with Crippen LogP contribution in [0.15, 0.2) is 40.6 Å². The van der Waals surface area contributed by atoms with Gasteiger partial charge >= 0.3 is 0 Å². The molecule has 0 atom stereocenters. The van der Waals surface area contributed by atoms with Crippen LogP contribution >= 0.6 is 34.5 Å². The zero-order chi connectivity index (χ0) is 16.8. The molecule has 0 spiro atoms. The summed E-state index contributed by atoms with van der Waals surface area (Å²) < 4.78 is 15.0. The topological polar surface area (TPSA) is 63.0 Å². The van der Waals surface area contributed by atoms with Gasteiger partial charge in [0.15, 0.2) is 11.0 Å². The van der Waals surface area contributed by atoms with Gasteiger partial charge in [0.1, 0.15) is 10.8 Å². The number of aromatic amines is 1. The lowest BCUT2D eigenvalue weighted by atomic mass is 10.2. The maximum Gasteiger partial charge on any atom is 0.274 e. The van der Waals surface area contributed by atoms with Crippen LogP contribution in [-0.2, 0) is 0 Å². The quantitative estimate of drug-likeness (QED) is 0.528. The molecule has 0 aliphatic carbocycles. The molecular formula is C15H7Cl2FN4OS. The Labute approximate surface area is 148 Å². The van der Waals surface area contributed by atoms with Gasteiger partial charge in [-0.05, 0) is 17.5 Å². The highest BCUT2D eigenvalue weighted by Crippen LogP contribution is 2.31. The molecular weight excluding hydrogens is 374 g/mol. The first kappa shape index (κ1) is 15.3. The van der Waals surface area contributed by atoms with E-state index in [2.05, 4.69) is 15.1 Å². The number of rotatable bonds is 2. The van der Waals surface area contributed by atoms with E-state index >= 15 is 0 Å². The van der Waals surface area contributed by atoms with Gasteiger partial charge in [-0.15, -0.1) is 11.3 Å². The number of H-pyrrole nitrogens is 1. The zero-order valence-electron chi connectivity index (χ0n) is 11.8. The second kappa shape index (κ2) is 5.70. The fourth-order valence-corrected chi connectivity index (χ4v) is 3.54. The highest BCUT2D eigenvalue weighted by Gasteiger charge is 2.16. The molecule has 0 fully saturated rings. The smallest absolute Gasteiger partial charge is 0.274 e. The first-order valence-corrected chi connectivity index (χ1v) is 8.35. The minimum Gasteiger partial charge on any atom is -0.339 e. The van der Waals surface area contributed by atoms with Crippen LogP contribution in [-0.4, -0.2) is 19.6 Å². The van der Waals surface area contributed by atoms with Gasteiger partial charge in [-0.3, -0.25) is 4.79 Å². The van der Waals surface area contributed by atoms with Crippen molar-refractivity contribution in [3.8, 4) is 21.7 Å². The number of hydrogen-bond acceptors (Lipinski definition) is 4. The van der Waals surface area contributed by atoms with Gasteiger partial charge in [0, 0.05) is 16.5 Å². The summed E-state index contributed by atoms with van der Waals surface area (Å²) >= 11 is 13.2. The summed E-state index contributed by atoms with van der Waals surface area (Å²) in [4.78, 5) is 20.1. The third-order valence-electron chi connectivity index (χ3n) is 3.46. The van der Waals surface area contributed by atoms with Gasteiger partial charge in [-0.1, -0.05) is 29.3 Å². The fourth-order valence-electron chi connectivity index (χ4n) is 2.38. The second-order valence-electron chi connectivity index (χ2n) is 4.92. The molecule has 120 valence electrons. The summed E-state index contributed by atoms with van der Waals surface area (Å²) in [6.45, 7) is 0. The lowest BCUT2D eigenvalue weighted by molar-refractivity contribution is 0.622. The Hall–Kier alpha value is -2.22. The second-order valence-corrected chi connectivity index (χ2v) is 6.58. The fraction of sp³-hybridized carbons (Fsp3) is 0. The average molecular weight is 381 g/mol. The highest BCUT2D eigenvalue weighted by atomic mass is 35.5. The molecule has 0 bridgehead atoms. The zero-order valence-corrected chi connectivity index (χ0v) is 14.1. The van der Waals surface area contributed by atoms with Gasteiger partial charge in [0.05, 0.1) is 17.5 Å². The summed E-state index contributed by atoms with van der Waals surface area (Å²) in [5.74, 6) is -0.719. The Morgan fingerprint density at radius 3 is 2.79 bits per heavy atom. The summed E-state index contributed by atoms with van der Waals surface area (Å²) in [6.07, 6.45) is 1.60. The number of nitrogens with zero attached hydrogens (tertiary/aromatic N) is 3. The molecule has 0 unspecified atom stereocenters. The van der Waals surface area contributed by atoms with Gasteiger partial charge in [-0.2, -0.15) is 9.61 Å². The normalized spacial score (nSPS) is 11.3. The minimum atomic E-state index is -0.719. The molecule has 4 rings (SSSR count). The molecule has 0 amide bonds. The number of nitrogens with one attached hydrogen (secondary N) is 1. The van der Waals surface area contributed by atoms with Crippen molar-refractivity contribution >= 4 is 40.2 Å². The van der Waals surface area contributed by atoms with E-state index in [0.29, 0.717) is 11.3 Å². The average Bonchev–Trinajstić information content (AvgIpc) is 3.19. The van der Waals surface area contributed by atoms with Crippen molar-refractivity contribution in [3.05, 3.63) is 62.3 Å². The third kappa shape index (κ3) is 2.41. The van der Waals surface area contributed by atoms with Gasteiger partial charge in [0.25, 0.3) is 5.56 Å². The molecule has 0 radical (unpaired) electrons. The predicted molar refractivity (Wildman–Crippen MR) is 92.3 cm³/mol. The molecule has 0 aromatic carbocycles. The van der Waals surface area contributed by atoms with Crippen LogP contribution in [0.4, 0.5) is 4.39 Å². The van der Waals surface area contributed by atoms with Crippen LogP contribution in [0.2, 0.25) is 10.3 Å². The van der Waals surface area contributed by atoms with Crippen LogP contribution < -0.4 is 5.56 Å². The van der Waals surface area contributed by atoms with E-state index in [-0.39, 0.29) is 21.4 Å². The number of thiophene rings is 1. The molecule has 4 heterocycles. The van der Waals surface area contributed by atoms with E-state index in [4.69, 9.17) is 23.2 Å². The molecule has 0 saturated heterocycles. The Kier molecular flexibility index (Phi) is 3.64. The molecule has 0 aliphatic heterocycles. The SMILES string of the molecule is O=c1cc(-c2cc(F)c(Cl)nc2Cl)[nH]c2c(-c3cccs3)cnn12. The van der Waals surface area contributed by atoms with E-state index in [1.54, 1.807) is 6.20 Å². The number of fused-ring (bicyclic) bond motifs is 1. The van der Waals surface area contributed by atoms with Crippen molar-refractivity contribution in [2.45, 2.75) is 0 Å². The van der Waals surface area contributed by atoms with Crippen molar-refractivity contribution in [3.63, 3.8) is 0 Å². The summed E-state index contributed by atoms with van der Waals surface area (Å²) in [5.41, 5.74) is 1.47. The van der Waals surface area contributed by atoms with Crippen LogP contribution in [0.5, 0.6) is 0 Å². The molecule has 1 N–H and O–H groups in total. The molecule has 24 heavy (non-hydrogen) atoms. The van der Waals surface area contributed by atoms with Crippen molar-refractivity contribution in [1.82, 2.24) is 19.6 Å². The van der Waals surface area contributed by atoms with Gasteiger partial charge in [-0.25, -0.2) is 9.37 Å². The Morgan fingerprint density at radius 2 is 2.04 bits per heavy atom. The van der Waals surface area contributed by atoms with E-state index < -0.39 is 5.82 Å². The van der Waals surface area contributed by atoms with Crippen LogP contribution in [0.3, 0.4) is 0 Å². The first-order chi connectivity index (χ1) is 11.5. The van der Waals surface area contributed by atoms with Gasteiger partial charge < -0.3 is 4.98 Å². The Morgan fingerprint density at radius 1 is 1.21 bits per heavy atom. The van der Waals surface area contributed by atoms with Crippen LogP contribution in [0.1, 0.15) is 0 Å².